The molecule has 8 atom stereocenters. The van der Waals surface area contributed by atoms with Crippen LogP contribution >= 0.6 is 0 Å². The average Bonchev–Trinajstić information content (AvgIpc) is 3.18. The van der Waals surface area contributed by atoms with E-state index in [0.29, 0.717) is 12.0 Å². The Balaban J connectivity index is 1.98. The lowest BCUT2D eigenvalue weighted by atomic mass is 9.80. The van der Waals surface area contributed by atoms with Gasteiger partial charge in [-0.05, 0) is 44.8 Å². The maximum atomic E-state index is 13.4. The van der Waals surface area contributed by atoms with Crippen molar-refractivity contribution in [3.8, 4) is 0 Å². The highest BCUT2D eigenvalue weighted by atomic mass is 16.6. The Morgan fingerprint density at radius 3 is 2.25 bits per heavy atom. The zero-order valence-corrected chi connectivity index (χ0v) is 21.3. The Morgan fingerprint density at radius 2 is 1.69 bits per heavy atom. The molecule has 4 unspecified atom stereocenters. The van der Waals surface area contributed by atoms with Crippen molar-refractivity contribution >= 4 is 29.8 Å². The van der Waals surface area contributed by atoms with E-state index >= 15 is 0 Å². The monoisotopic (exact) mass is 504 g/mol. The third-order valence-electron chi connectivity index (χ3n) is 7.16. The summed E-state index contributed by atoms with van der Waals surface area (Å²) in [5, 5.41) is 0. The highest BCUT2D eigenvalue weighted by molar-refractivity contribution is 5.91. The van der Waals surface area contributed by atoms with Crippen LogP contribution in [0.25, 0.3) is 0 Å². The molecule has 0 spiro atoms. The summed E-state index contributed by atoms with van der Waals surface area (Å²) in [6, 6.07) is 0. The first-order valence-electron chi connectivity index (χ1n) is 11.7. The van der Waals surface area contributed by atoms with Crippen LogP contribution in [0.4, 0.5) is 0 Å². The Bertz CT molecular complexity index is 1050. The van der Waals surface area contributed by atoms with Gasteiger partial charge >= 0.3 is 29.8 Å². The first-order valence-corrected chi connectivity index (χ1v) is 11.7. The lowest BCUT2D eigenvalue weighted by Crippen LogP contribution is -2.53. The van der Waals surface area contributed by atoms with E-state index in [9.17, 15) is 24.0 Å². The number of ether oxygens (including phenoxy) is 5. The van der Waals surface area contributed by atoms with E-state index in [1.807, 2.05) is 6.92 Å². The fourth-order valence-corrected chi connectivity index (χ4v) is 5.31. The van der Waals surface area contributed by atoms with Gasteiger partial charge in [0.2, 0.25) is 5.60 Å². The van der Waals surface area contributed by atoms with Crippen molar-refractivity contribution in [2.75, 3.05) is 0 Å². The van der Waals surface area contributed by atoms with E-state index in [-0.39, 0.29) is 17.4 Å². The van der Waals surface area contributed by atoms with Gasteiger partial charge in [-0.2, -0.15) is 0 Å². The molecule has 2 aliphatic carbocycles. The van der Waals surface area contributed by atoms with Crippen molar-refractivity contribution in [2.45, 2.75) is 78.0 Å². The predicted molar refractivity (Wildman–Crippen MR) is 124 cm³/mol. The summed E-state index contributed by atoms with van der Waals surface area (Å²) < 4.78 is 27.4. The molecule has 10 nitrogen and oxygen atoms in total. The second kappa shape index (κ2) is 9.91. The molecule has 3 aliphatic rings. The van der Waals surface area contributed by atoms with Gasteiger partial charge < -0.3 is 23.7 Å². The highest BCUT2D eigenvalue weighted by Crippen LogP contribution is 2.52. The summed E-state index contributed by atoms with van der Waals surface area (Å²) in [6.45, 7) is 16.2. The van der Waals surface area contributed by atoms with Crippen LogP contribution in [0.3, 0.4) is 0 Å². The summed E-state index contributed by atoms with van der Waals surface area (Å²) in [7, 11) is 0. The van der Waals surface area contributed by atoms with Crippen molar-refractivity contribution in [3.63, 3.8) is 0 Å². The fourth-order valence-electron chi connectivity index (χ4n) is 5.31. The van der Waals surface area contributed by atoms with Crippen molar-refractivity contribution in [1.82, 2.24) is 0 Å². The van der Waals surface area contributed by atoms with Gasteiger partial charge in [0.25, 0.3) is 0 Å². The molecule has 0 bridgehead atoms. The predicted octanol–water partition coefficient (Wildman–Crippen LogP) is 2.35. The minimum atomic E-state index is -1.95. The van der Waals surface area contributed by atoms with Gasteiger partial charge in [-0.1, -0.05) is 18.7 Å². The topological polar surface area (TPSA) is 132 Å². The lowest BCUT2D eigenvalue weighted by molar-refractivity contribution is -0.200. The first-order chi connectivity index (χ1) is 16.7. The summed E-state index contributed by atoms with van der Waals surface area (Å²) in [4.78, 5) is 60.9. The Kier molecular flexibility index (Phi) is 7.48. The van der Waals surface area contributed by atoms with E-state index in [1.165, 1.54) is 20.8 Å². The lowest BCUT2D eigenvalue weighted by Gasteiger charge is -2.34. The number of esters is 5. The quantitative estimate of drug-likeness (QED) is 0.230. The molecule has 1 aliphatic heterocycles. The first kappa shape index (κ1) is 27.2. The molecule has 0 aromatic rings. The number of carbonyl (C=O) groups is 5. The minimum absolute atomic E-state index is 0.119. The Hall–Kier alpha value is -3.43. The van der Waals surface area contributed by atoms with Crippen LogP contribution < -0.4 is 0 Å². The second-order valence-corrected chi connectivity index (χ2v) is 9.69. The molecule has 36 heavy (non-hydrogen) atoms. The number of carbonyl (C=O) groups excluding carboxylic acids is 5. The summed E-state index contributed by atoms with van der Waals surface area (Å²) in [6.07, 6.45) is -1.31. The summed E-state index contributed by atoms with van der Waals surface area (Å²) in [5.41, 5.74) is -0.394. The van der Waals surface area contributed by atoms with Gasteiger partial charge in [0.15, 0.2) is 0 Å². The summed E-state index contributed by atoms with van der Waals surface area (Å²) in [5.74, 6) is -4.81. The molecular formula is C26H32O10. The van der Waals surface area contributed by atoms with Gasteiger partial charge in [0.1, 0.15) is 24.4 Å². The third-order valence-corrected chi connectivity index (χ3v) is 7.16. The minimum Gasteiger partial charge on any atom is -0.458 e. The van der Waals surface area contributed by atoms with E-state index < -0.39 is 65.8 Å². The molecule has 3 rings (SSSR count). The highest BCUT2D eigenvalue weighted by Gasteiger charge is 2.57. The van der Waals surface area contributed by atoms with Crippen LogP contribution in [0.2, 0.25) is 0 Å². The van der Waals surface area contributed by atoms with Crippen LogP contribution in [0.5, 0.6) is 0 Å². The summed E-state index contributed by atoms with van der Waals surface area (Å²) >= 11 is 0. The number of rotatable bonds is 6. The van der Waals surface area contributed by atoms with Gasteiger partial charge in [0, 0.05) is 32.3 Å². The van der Waals surface area contributed by atoms with Gasteiger partial charge in [-0.3, -0.25) is 14.4 Å². The molecule has 0 aromatic heterocycles. The van der Waals surface area contributed by atoms with E-state index in [1.54, 1.807) is 6.08 Å². The van der Waals surface area contributed by atoms with E-state index in [2.05, 4.69) is 13.2 Å². The van der Waals surface area contributed by atoms with E-state index in [4.69, 9.17) is 23.7 Å². The normalized spacial score (nSPS) is 31.5. The molecule has 2 fully saturated rings. The van der Waals surface area contributed by atoms with Crippen molar-refractivity contribution < 1.29 is 47.7 Å². The van der Waals surface area contributed by atoms with E-state index in [0.717, 1.165) is 19.4 Å². The van der Waals surface area contributed by atoms with Gasteiger partial charge in [-0.15, -0.1) is 0 Å². The van der Waals surface area contributed by atoms with Crippen LogP contribution in [0, 0.1) is 17.8 Å². The number of fused-ring (bicyclic) bond motifs is 3. The zero-order valence-electron chi connectivity index (χ0n) is 21.3. The maximum absolute atomic E-state index is 13.4. The van der Waals surface area contributed by atoms with Gasteiger partial charge in [0.05, 0.1) is 5.92 Å². The maximum Gasteiger partial charge on any atom is 0.354 e. The Morgan fingerprint density at radius 1 is 1.06 bits per heavy atom. The molecule has 0 aromatic carbocycles. The van der Waals surface area contributed by atoms with Crippen molar-refractivity contribution in [2.24, 2.45) is 17.8 Å². The number of allylic oxidation sites excluding steroid dienone is 1. The molecular weight excluding hydrogens is 472 g/mol. The fraction of sp³-hybridized carbons (Fsp3) is 0.577. The second-order valence-electron chi connectivity index (χ2n) is 9.69. The van der Waals surface area contributed by atoms with Crippen LogP contribution in [0.15, 0.2) is 36.0 Å². The smallest absolute Gasteiger partial charge is 0.354 e. The Labute approximate surface area is 209 Å². The molecule has 1 saturated heterocycles. The molecule has 1 saturated carbocycles. The van der Waals surface area contributed by atoms with Gasteiger partial charge in [-0.25, -0.2) is 9.59 Å². The third kappa shape index (κ3) is 4.94. The van der Waals surface area contributed by atoms with Crippen LogP contribution in [0.1, 0.15) is 48.0 Å². The molecule has 0 N–H and O–H groups in total. The number of hydrogen-bond donors (Lipinski definition) is 0. The molecule has 0 amide bonds. The standard InChI is InChI=1S/C26H32O10/c1-11-9-20(34-25(31)26(8,36-17(7)29)14(4)32-15(5)27)22-13(3)24(30)35-23(22)21-12(2)19(10-18(11)21)33-16(6)28/h9,14,18-23H,2-3,10H2,1,4-8H3/t14?,18?,19-,20+,21?,22+,23-,26?/m0/s1. The van der Waals surface area contributed by atoms with Crippen LogP contribution in [-0.2, 0) is 47.7 Å². The largest absolute Gasteiger partial charge is 0.458 e. The average molecular weight is 505 g/mol. The molecule has 10 heteroatoms. The SMILES string of the molecule is C=C1C(=O)O[C@H]2C3C(=C)[C@@H](OC(C)=O)CC3C(C)=C[C@@H](OC(=O)C(C)(OC(C)=O)C(C)OC(C)=O)[C@@H]12. The van der Waals surface area contributed by atoms with Crippen LogP contribution in [-0.4, -0.2) is 59.9 Å². The number of hydrogen-bond acceptors (Lipinski definition) is 10. The zero-order chi connectivity index (χ0) is 27.1. The van der Waals surface area contributed by atoms with Crippen molar-refractivity contribution in [3.05, 3.63) is 36.0 Å². The molecule has 1 heterocycles. The molecule has 196 valence electrons. The van der Waals surface area contributed by atoms with Crippen molar-refractivity contribution in [1.29, 1.82) is 0 Å². The molecule has 0 radical (unpaired) electrons.